The van der Waals surface area contributed by atoms with Gasteiger partial charge in [0.1, 0.15) is 0 Å². The number of nitrogens with one attached hydrogen (secondary N) is 1. The number of hydrogen-bond donors (Lipinski definition) is 1. The van der Waals surface area contributed by atoms with Crippen LogP contribution >= 0.6 is 0 Å². The van der Waals surface area contributed by atoms with Gasteiger partial charge in [-0.1, -0.05) is 60.2 Å². The number of nitrogens with zero attached hydrogens (tertiary/aromatic N) is 1. The molecule has 1 fully saturated rings. The van der Waals surface area contributed by atoms with Crippen molar-refractivity contribution >= 4 is 5.91 Å². The number of carbonyl (C=O) groups is 1. The van der Waals surface area contributed by atoms with Crippen LogP contribution in [0.25, 0.3) is 0 Å². The number of amides is 1. The number of likely N-dealkylation sites (tertiary alicyclic amines) is 1. The molecule has 3 nitrogen and oxygen atoms in total. The third-order valence-electron chi connectivity index (χ3n) is 4.79. The largest absolute Gasteiger partial charge is 0.345 e. The third-order valence-corrected chi connectivity index (χ3v) is 4.79. The van der Waals surface area contributed by atoms with Crippen molar-refractivity contribution in [1.82, 2.24) is 10.2 Å². The molecule has 0 spiro atoms. The van der Waals surface area contributed by atoms with E-state index < -0.39 is 0 Å². The Morgan fingerprint density at radius 1 is 1.12 bits per heavy atom. The molecule has 0 aromatic heterocycles. The molecule has 0 radical (unpaired) electrons. The average molecular weight is 322 g/mol. The molecule has 2 unspecified atom stereocenters. The van der Waals surface area contributed by atoms with Gasteiger partial charge in [-0.15, -0.1) is 0 Å². The highest BCUT2D eigenvalue weighted by molar-refractivity contribution is 5.80. The van der Waals surface area contributed by atoms with Crippen molar-refractivity contribution in [2.24, 2.45) is 5.92 Å². The van der Waals surface area contributed by atoms with Crippen LogP contribution in [0.3, 0.4) is 0 Å². The topological polar surface area (TPSA) is 32.3 Å². The monoisotopic (exact) mass is 322 g/mol. The molecule has 0 aliphatic carbocycles. The van der Waals surface area contributed by atoms with Gasteiger partial charge in [0.15, 0.2) is 0 Å². The van der Waals surface area contributed by atoms with Crippen LogP contribution in [0.2, 0.25) is 0 Å². The predicted octanol–water partition coefficient (Wildman–Crippen LogP) is 3.54. The lowest BCUT2D eigenvalue weighted by Gasteiger charge is -2.30. The molecule has 1 amide bonds. The smallest absolute Gasteiger partial charge is 0.225 e. The zero-order chi connectivity index (χ0) is 16.9. The first-order chi connectivity index (χ1) is 11.6. The molecule has 24 heavy (non-hydrogen) atoms. The molecule has 1 heterocycles. The summed E-state index contributed by atoms with van der Waals surface area (Å²) in [6, 6.07) is 18.5. The number of piperidine rings is 1. The van der Waals surface area contributed by atoms with Crippen LogP contribution in [0.5, 0.6) is 0 Å². The Morgan fingerprint density at radius 2 is 1.88 bits per heavy atom. The first-order valence-corrected chi connectivity index (χ1v) is 8.74. The summed E-state index contributed by atoms with van der Waals surface area (Å²) in [6.07, 6.45) is 2.07. The molecule has 1 aliphatic rings. The Kier molecular flexibility index (Phi) is 5.31. The van der Waals surface area contributed by atoms with E-state index in [0.29, 0.717) is 0 Å². The SMILES string of the molecule is Cc1cccc(C(NC(=O)C2CCCN(C)C2)c2ccccc2)c1. The van der Waals surface area contributed by atoms with Crippen LogP contribution in [-0.2, 0) is 4.79 Å². The fraction of sp³-hybridized carbons (Fsp3) is 0.381. The summed E-state index contributed by atoms with van der Waals surface area (Å²) in [6.45, 7) is 4.02. The van der Waals surface area contributed by atoms with E-state index in [2.05, 4.69) is 60.6 Å². The van der Waals surface area contributed by atoms with E-state index in [-0.39, 0.29) is 17.9 Å². The van der Waals surface area contributed by atoms with Crippen molar-refractivity contribution in [3.05, 3.63) is 71.3 Å². The molecule has 2 atom stereocenters. The number of rotatable bonds is 4. The third kappa shape index (κ3) is 4.04. The highest BCUT2D eigenvalue weighted by Gasteiger charge is 2.26. The highest BCUT2D eigenvalue weighted by Crippen LogP contribution is 2.24. The number of aryl methyl sites for hydroxylation is 1. The van der Waals surface area contributed by atoms with Gasteiger partial charge in [-0.2, -0.15) is 0 Å². The molecular formula is C21H26N2O. The lowest BCUT2D eigenvalue weighted by molar-refractivity contribution is -0.127. The number of carbonyl (C=O) groups excluding carboxylic acids is 1. The van der Waals surface area contributed by atoms with E-state index in [1.165, 1.54) is 5.56 Å². The van der Waals surface area contributed by atoms with E-state index in [1.54, 1.807) is 0 Å². The minimum absolute atomic E-state index is 0.0831. The second-order valence-corrected chi connectivity index (χ2v) is 6.87. The van der Waals surface area contributed by atoms with Crippen LogP contribution in [0.1, 0.15) is 35.6 Å². The molecule has 0 bridgehead atoms. The Hall–Kier alpha value is -2.13. The summed E-state index contributed by atoms with van der Waals surface area (Å²) in [5, 5.41) is 3.30. The molecule has 3 heteroatoms. The minimum atomic E-state index is -0.0918. The van der Waals surface area contributed by atoms with E-state index >= 15 is 0 Å². The van der Waals surface area contributed by atoms with Gasteiger partial charge in [0, 0.05) is 6.54 Å². The maximum Gasteiger partial charge on any atom is 0.225 e. The fourth-order valence-corrected chi connectivity index (χ4v) is 3.49. The minimum Gasteiger partial charge on any atom is -0.345 e. The van der Waals surface area contributed by atoms with Crippen LogP contribution < -0.4 is 5.32 Å². The predicted molar refractivity (Wildman–Crippen MR) is 97.8 cm³/mol. The molecule has 3 rings (SSSR count). The first kappa shape index (κ1) is 16.7. The molecule has 0 saturated carbocycles. The average Bonchev–Trinajstić information content (AvgIpc) is 2.60. The second kappa shape index (κ2) is 7.63. The lowest BCUT2D eigenvalue weighted by atomic mass is 9.94. The van der Waals surface area contributed by atoms with Gasteiger partial charge in [0.25, 0.3) is 0 Å². The number of benzene rings is 2. The van der Waals surface area contributed by atoms with E-state index in [9.17, 15) is 4.79 Å². The standard InChI is InChI=1S/C21H26N2O/c1-16-8-6-11-18(14-16)20(17-9-4-3-5-10-17)22-21(24)19-12-7-13-23(2)15-19/h3-6,8-11,14,19-20H,7,12-13,15H2,1-2H3,(H,22,24). The summed E-state index contributed by atoms with van der Waals surface area (Å²) in [5.74, 6) is 0.247. The Bertz CT molecular complexity index is 683. The summed E-state index contributed by atoms with van der Waals surface area (Å²) in [7, 11) is 2.09. The van der Waals surface area contributed by atoms with Crippen molar-refractivity contribution in [2.45, 2.75) is 25.8 Å². The van der Waals surface area contributed by atoms with Crippen LogP contribution in [0.4, 0.5) is 0 Å². The van der Waals surface area contributed by atoms with E-state index in [4.69, 9.17) is 0 Å². The Morgan fingerprint density at radius 3 is 2.58 bits per heavy atom. The second-order valence-electron chi connectivity index (χ2n) is 6.87. The molecular weight excluding hydrogens is 296 g/mol. The van der Waals surface area contributed by atoms with Crippen molar-refractivity contribution < 1.29 is 4.79 Å². The molecule has 2 aromatic carbocycles. The summed E-state index contributed by atoms with van der Waals surface area (Å²) >= 11 is 0. The molecule has 1 aliphatic heterocycles. The zero-order valence-electron chi connectivity index (χ0n) is 14.5. The maximum atomic E-state index is 12.8. The number of hydrogen-bond acceptors (Lipinski definition) is 2. The van der Waals surface area contributed by atoms with Crippen LogP contribution in [-0.4, -0.2) is 30.9 Å². The van der Waals surface area contributed by atoms with Gasteiger partial charge < -0.3 is 10.2 Å². The van der Waals surface area contributed by atoms with Crippen molar-refractivity contribution in [1.29, 1.82) is 0 Å². The normalized spacial score (nSPS) is 19.7. The van der Waals surface area contributed by atoms with Crippen molar-refractivity contribution in [3.63, 3.8) is 0 Å². The van der Waals surface area contributed by atoms with Gasteiger partial charge in [0.2, 0.25) is 5.91 Å². The van der Waals surface area contributed by atoms with Gasteiger partial charge >= 0.3 is 0 Å². The van der Waals surface area contributed by atoms with Gasteiger partial charge in [-0.25, -0.2) is 0 Å². The van der Waals surface area contributed by atoms with Gasteiger partial charge in [-0.05, 0) is 44.5 Å². The van der Waals surface area contributed by atoms with E-state index in [1.807, 2.05) is 18.2 Å². The first-order valence-electron chi connectivity index (χ1n) is 8.74. The summed E-state index contributed by atoms with van der Waals surface area (Å²) in [4.78, 5) is 15.1. The van der Waals surface area contributed by atoms with Crippen molar-refractivity contribution in [3.8, 4) is 0 Å². The maximum absolute atomic E-state index is 12.8. The van der Waals surface area contributed by atoms with Gasteiger partial charge in [-0.3, -0.25) is 4.79 Å². The fourth-order valence-electron chi connectivity index (χ4n) is 3.49. The summed E-state index contributed by atoms with van der Waals surface area (Å²) in [5.41, 5.74) is 3.47. The Balaban J connectivity index is 1.84. The molecule has 126 valence electrons. The van der Waals surface area contributed by atoms with Crippen molar-refractivity contribution in [2.75, 3.05) is 20.1 Å². The van der Waals surface area contributed by atoms with Crippen LogP contribution in [0, 0.1) is 12.8 Å². The molecule has 1 N–H and O–H groups in total. The quantitative estimate of drug-likeness (QED) is 0.934. The molecule has 1 saturated heterocycles. The zero-order valence-corrected chi connectivity index (χ0v) is 14.5. The van der Waals surface area contributed by atoms with E-state index in [0.717, 1.165) is 37.1 Å². The lowest BCUT2D eigenvalue weighted by Crippen LogP contribution is -2.42. The highest BCUT2D eigenvalue weighted by atomic mass is 16.2. The molecule has 2 aromatic rings. The van der Waals surface area contributed by atoms with Crippen LogP contribution in [0.15, 0.2) is 54.6 Å². The Labute approximate surface area is 144 Å². The summed E-state index contributed by atoms with van der Waals surface area (Å²) < 4.78 is 0. The van der Waals surface area contributed by atoms with Gasteiger partial charge in [0.05, 0.1) is 12.0 Å².